The minimum Gasteiger partial charge on any atom is -0.352 e. The van der Waals surface area contributed by atoms with Crippen LogP contribution in [0.15, 0.2) is 11.2 Å². The lowest BCUT2D eigenvalue weighted by molar-refractivity contribution is -0.120. The first-order chi connectivity index (χ1) is 8.42. The van der Waals surface area contributed by atoms with E-state index in [1.807, 2.05) is 20.1 Å². The smallest absolute Gasteiger partial charge is 0.239 e. The Morgan fingerprint density at radius 2 is 2.22 bits per heavy atom. The van der Waals surface area contributed by atoms with E-state index in [1.165, 1.54) is 11.8 Å². The Labute approximate surface area is 116 Å². The first-order valence-corrected chi connectivity index (χ1v) is 7.11. The zero-order chi connectivity index (χ0) is 13.7. The van der Waals surface area contributed by atoms with Crippen molar-refractivity contribution in [3.05, 3.63) is 11.2 Å². The van der Waals surface area contributed by atoms with Gasteiger partial charge in [-0.15, -0.1) is 0 Å². The number of thioether (sulfide) groups is 1. The Morgan fingerprint density at radius 1 is 1.56 bits per heavy atom. The van der Waals surface area contributed by atoms with Crippen LogP contribution in [0.25, 0.3) is 0 Å². The number of halogens is 1. The van der Waals surface area contributed by atoms with Crippen molar-refractivity contribution in [1.29, 1.82) is 0 Å². The SMILES string of the molecule is CSc1nc(Cl)cc(N(C)CC(=O)NC(C)C)n1. The molecular weight excluding hydrogens is 272 g/mol. The molecule has 1 rings (SSSR count). The van der Waals surface area contributed by atoms with Gasteiger partial charge in [0.05, 0.1) is 6.54 Å². The normalized spacial score (nSPS) is 10.6. The van der Waals surface area contributed by atoms with Gasteiger partial charge in [-0.2, -0.15) is 0 Å². The van der Waals surface area contributed by atoms with Gasteiger partial charge >= 0.3 is 0 Å². The molecule has 18 heavy (non-hydrogen) atoms. The molecule has 0 aliphatic carbocycles. The Morgan fingerprint density at radius 3 is 2.78 bits per heavy atom. The lowest BCUT2D eigenvalue weighted by atomic mass is 10.4. The standard InChI is InChI=1S/C11H17ClN4OS/c1-7(2)13-10(17)6-16(3)9-5-8(12)14-11(15-9)18-4/h5,7H,6H2,1-4H3,(H,13,17). The molecule has 0 saturated carbocycles. The predicted molar refractivity (Wildman–Crippen MR) is 75.4 cm³/mol. The molecule has 1 N–H and O–H groups in total. The second kappa shape index (κ2) is 6.80. The van der Waals surface area contributed by atoms with E-state index in [-0.39, 0.29) is 18.5 Å². The van der Waals surface area contributed by atoms with Gasteiger partial charge in [0.2, 0.25) is 5.91 Å². The average molecular weight is 289 g/mol. The number of nitrogens with zero attached hydrogens (tertiary/aromatic N) is 3. The van der Waals surface area contributed by atoms with E-state index in [2.05, 4.69) is 15.3 Å². The van der Waals surface area contributed by atoms with E-state index >= 15 is 0 Å². The fraction of sp³-hybridized carbons (Fsp3) is 0.545. The summed E-state index contributed by atoms with van der Waals surface area (Å²) in [5.74, 6) is 0.589. The maximum Gasteiger partial charge on any atom is 0.239 e. The van der Waals surface area contributed by atoms with Gasteiger partial charge in [-0.1, -0.05) is 23.4 Å². The lowest BCUT2D eigenvalue weighted by Gasteiger charge is -2.19. The minimum absolute atomic E-state index is 0.0482. The van der Waals surface area contributed by atoms with Crippen LogP contribution in [0.1, 0.15) is 13.8 Å². The first kappa shape index (κ1) is 15.0. The maximum atomic E-state index is 11.6. The Bertz CT molecular complexity index is 428. The molecule has 0 spiro atoms. The van der Waals surface area contributed by atoms with Crippen molar-refractivity contribution in [2.45, 2.75) is 25.0 Å². The number of hydrogen-bond donors (Lipinski definition) is 1. The molecule has 5 nitrogen and oxygen atoms in total. The third-order valence-corrected chi connectivity index (χ3v) is 2.81. The molecule has 0 saturated heterocycles. The van der Waals surface area contributed by atoms with Gasteiger partial charge in [0, 0.05) is 19.2 Å². The third-order valence-electron chi connectivity index (χ3n) is 2.06. The largest absolute Gasteiger partial charge is 0.352 e. The van der Waals surface area contributed by atoms with E-state index in [4.69, 9.17) is 11.6 Å². The molecule has 1 amide bonds. The number of amides is 1. The van der Waals surface area contributed by atoms with Crippen molar-refractivity contribution in [2.24, 2.45) is 0 Å². The summed E-state index contributed by atoms with van der Waals surface area (Å²) in [5, 5.41) is 3.79. The van der Waals surface area contributed by atoms with Crippen molar-refractivity contribution in [3.63, 3.8) is 0 Å². The van der Waals surface area contributed by atoms with Crippen molar-refractivity contribution in [1.82, 2.24) is 15.3 Å². The summed E-state index contributed by atoms with van der Waals surface area (Å²) in [7, 11) is 1.79. The second-order valence-corrected chi connectivity index (χ2v) is 5.27. The summed E-state index contributed by atoms with van der Waals surface area (Å²) >= 11 is 7.31. The Kier molecular flexibility index (Phi) is 5.68. The van der Waals surface area contributed by atoms with Crippen molar-refractivity contribution >= 4 is 35.1 Å². The van der Waals surface area contributed by atoms with Gasteiger partial charge < -0.3 is 10.2 Å². The molecule has 0 atom stereocenters. The maximum absolute atomic E-state index is 11.6. The predicted octanol–water partition coefficient (Wildman–Crippen LogP) is 1.81. The number of likely N-dealkylation sites (N-methyl/N-ethyl adjacent to an activating group) is 1. The van der Waals surface area contributed by atoms with Crippen LogP contribution < -0.4 is 10.2 Å². The fourth-order valence-electron chi connectivity index (χ4n) is 1.34. The molecule has 1 heterocycles. The summed E-state index contributed by atoms with van der Waals surface area (Å²) in [5.41, 5.74) is 0. The highest BCUT2D eigenvalue weighted by Gasteiger charge is 2.11. The minimum atomic E-state index is -0.0482. The molecule has 0 aromatic carbocycles. The number of carbonyl (C=O) groups is 1. The van der Waals surface area contributed by atoms with Crippen molar-refractivity contribution < 1.29 is 4.79 Å². The zero-order valence-electron chi connectivity index (χ0n) is 10.9. The van der Waals surface area contributed by atoms with Crippen LogP contribution in [0.4, 0.5) is 5.82 Å². The quantitative estimate of drug-likeness (QED) is 0.509. The Hall–Kier alpha value is -1.01. The van der Waals surface area contributed by atoms with E-state index in [0.29, 0.717) is 16.1 Å². The lowest BCUT2D eigenvalue weighted by Crippen LogP contribution is -2.38. The number of nitrogens with one attached hydrogen (secondary N) is 1. The van der Waals surface area contributed by atoms with Crippen molar-refractivity contribution in [3.8, 4) is 0 Å². The van der Waals surface area contributed by atoms with Crippen LogP contribution in [0.5, 0.6) is 0 Å². The van der Waals surface area contributed by atoms with Gasteiger partial charge in [0.15, 0.2) is 5.16 Å². The number of carbonyl (C=O) groups excluding carboxylic acids is 1. The summed E-state index contributed by atoms with van der Waals surface area (Å²) in [6.07, 6.45) is 1.88. The van der Waals surface area contributed by atoms with Gasteiger partial charge in [0.25, 0.3) is 0 Å². The van der Waals surface area contributed by atoms with Crippen LogP contribution in [0, 0.1) is 0 Å². The van der Waals surface area contributed by atoms with Crippen LogP contribution >= 0.6 is 23.4 Å². The number of aromatic nitrogens is 2. The highest BCUT2D eigenvalue weighted by Crippen LogP contribution is 2.19. The molecule has 0 aliphatic rings. The monoisotopic (exact) mass is 288 g/mol. The van der Waals surface area contributed by atoms with Crippen LogP contribution in [0.3, 0.4) is 0 Å². The van der Waals surface area contributed by atoms with E-state index < -0.39 is 0 Å². The van der Waals surface area contributed by atoms with Crippen molar-refractivity contribution in [2.75, 3.05) is 24.7 Å². The molecule has 0 bridgehead atoms. The molecule has 1 aromatic heterocycles. The topological polar surface area (TPSA) is 58.1 Å². The van der Waals surface area contributed by atoms with E-state index in [9.17, 15) is 4.79 Å². The highest BCUT2D eigenvalue weighted by atomic mass is 35.5. The molecular formula is C11H17ClN4OS. The number of anilines is 1. The summed E-state index contributed by atoms with van der Waals surface area (Å²) in [6, 6.07) is 1.77. The molecule has 100 valence electrons. The third kappa shape index (κ3) is 4.70. The second-order valence-electron chi connectivity index (χ2n) is 4.11. The molecule has 0 radical (unpaired) electrons. The van der Waals surface area contributed by atoms with E-state index in [1.54, 1.807) is 18.0 Å². The Balaban J connectivity index is 2.74. The molecule has 0 aliphatic heterocycles. The van der Waals surface area contributed by atoms with E-state index in [0.717, 1.165) is 0 Å². The fourth-order valence-corrected chi connectivity index (χ4v) is 1.94. The molecule has 1 aromatic rings. The molecule has 7 heteroatoms. The molecule has 0 unspecified atom stereocenters. The highest BCUT2D eigenvalue weighted by molar-refractivity contribution is 7.98. The van der Waals surface area contributed by atoms with Gasteiger partial charge in [-0.3, -0.25) is 4.79 Å². The summed E-state index contributed by atoms with van der Waals surface area (Å²) in [6.45, 7) is 4.08. The average Bonchev–Trinajstić information content (AvgIpc) is 2.26. The number of hydrogen-bond acceptors (Lipinski definition) is 5. The van der Waals surface area contributed by atoms with Gasteiger partial charge in [-0.25, -0.2) is 9.97 Å². The zero-order valence-corrected chi connectivity index (χ0v) is 12.5. The van der Waals surface area contributed by atoms with Crippen LogP contribution in [0.2, 0.25) is 5.15 Å². The summed E-state index contributed by atoms with van der Waals surface area (Å²) < 4.78 is 0. The van der Waals surface area contributed by atoms with Gasteiger partial charge in [0.1, 0.15) is 11.0 Å². The van der Waals surface area contributed by atoms with Crippen LogP contribution in [-0.4, -0.2) is 41.8 Å². The summed E-state index contributed by atoms with van der Waals surface area (Å²) in [4.78, 5) is 21.7. The van der Waals surface area contributed by atoms with Crippen LogP contribution in [-0.2, 0) is 4.79 Å². The molecule has 0 fully saturated rings. The first-order valence-electron chi connectivity index (χ1n) is 5.51. The van der Waals surface area contributed by atoms with Gasteiger partial charge in [-0.05, 0) is 20.1 Å². The number of rotatable bonds is 5.